The van der Waals surface area contributed by atoms with E-state index in [2.05, 4.69) is 15.9 Å². The summed E-state index contributed by atoms with van der Waals surface area (Å²) in [6.45, 7) is 5.27. The van der Waals surface area contributed by atoms with Gasteiger partial charge in [-0.2, -0.15) is 0 Å². The van der Waals surface area contributed by atoms with Gasteiger partial charge in [0.2, 0.25) is 0 Å². The molecule has 0 aliphatic rings. The molecule has 19 heavy (non-hydrogen) atoms. The van der Waals surface area contributed by atoms with E-state index in [1.54, 1.807) is 26.8 Å². The summed E-state index contributed by atoms with van der Waals surface area (Å²) in [6.07, 6.45) is -0.628. The number of carbonyl (C=O) groups excluding carboxylic acids is 2. The van der Waals surface area contributed by atoms with E-state index < -0.39 is 17.6 Å². The average Bonchev–Trinajstić information content (AvgIpc) is 2.66. The summed E-state index contributed by atoms with van der Waals surface area (Å²) in [5, 5.41) is 1.03. The molecule has 1 aromatic rings. The van der Waals surface area contributed by atoms with Crippen molar-refractivity contribution >= 4 is 27.9 Å². The fraction of sp³-hybridized carbons (Fsp3) is 0.500. The van der Waals surface area contributed by atoms with Crippen molar-refractivity contribution in [2.45, 2.75) is 26.4 Å². The zero-order valence-electron chi connectivity index (χ0n) is 11.6. The van der Waals surface area contributed by atoms with Crippen molar-refractivity contribution in [3.8, 4) is 0 Å². The van der Waals surface area contributed by atoms with Gasteiger partial charge in [-0.15, -0.1) is 0 Å². The van der Waals surface area contributed by atoms with Gasteiger partial charge < -0.3 is 4.74 Å². The lowest BCUT2D eigenvalue weighted by Gasteiger charge is -2.21. The summed E-state index contributed by atoms with van der Waals surface area (Å²) in [7, 11) is 2.83. The number of hydrogen-bond acceptors (Lipinski definition) is 4. The van der Waals surface area contributed by atoms with Gasteiger partial charge >= 0.3 is 6.09 Å². The van der Waals surface area contributed by atoms with Gasteiger partial charge in [0, 0.05) is 7.05 Å². The third-order valence-electron chi connectivity index (χ3n) is 2.19. The predicted molar refractivity (Wildman–Crippen MR) is 72.9 cm³/mol. The van der Waals surface area contributed by atoms with Crippen LogP contribution in [0.25, 0.3) is 0 Å². The van der Waals surface area contributed by atoms with Crippen molar-refractivity contribution in [3.05, 3.63) is 22.4 Å². The zero-order valence-corrected chi connectivity index (χ0v) is 13.1. The fourth-order valence-electron chi connectivity index (χ4n) is 1.32. The van der Waals surface area contributed by atoms with Gasteiger partial charge in [-0.3, -0.25) is 9.63 Å². The minimum Gasteiger partial charge on any atom is -0.443 e. The number of hydroxylamine groups is 2. The first-order valence-corrected chi connectivity index (χ1v) is 6.39. The van der Waals surface area contributed by atoms with E-state index in [0.717, 1.165) is 9.63 Å². The van der Waals surface area contributed by atoms with Crippen LogP contribution in [-0.4, -0.2) is 41.4 Å². The van der Waals surface area contributed by atoms with E-state index in [-0.39, 0.29) is 5.69 Å². The largest absolute Gasteiger partial charge is 0.443 e. The molecule has 0 fully saturated rings. The molecule has 1 rings (SSSR count). The zero-order chi connectivity index (χ0) is 14.8. The molecule has 106 valence electrons. The Bertz CT molecular complexity index is 490. The Morgan fingerprint density at radius 3 is 2.37 bits per heavy atom. The molecule has 0 aliphatic carbocycles. The first-order valence-electron chi connectivity index (χ1n) is 5.60. The molecule has 0 N–H and O–H groups in total. The van der Waals surface area contributed by atoms with Crippen LogP contribution >= 0.6 is 15.9 Å². The number of aromatic nitrogens is 1. The van der Waals surface area contributed by atoms with Crippen LogP contribution in [0, 0.1) is 0 Å². The van der Waals surface area contributed by atoms with E-state index in [9.17, 15) is 9.59 Å². The summed E-state index contributed by atoms with van der Waals surface area (Å²) < 4.78 is 6.84. The molecule has 1 amide bonds. The summed E-state index contributed by atoms with van der Waals surface area (Å²) in [4.78, 5) is 28.9. The van der Waals surface area contributed by atoms with E-state index in [1.807, 2.05) is 0 Å². The minimum atomic E-state index is -0.645. The van der Waals surface area contributed by atoms with Crippen LogP contribution in [0.1, 0.15) is 31.3 Å². The highest BCUT2D eigenvalue weighted by atomic mass is 79.9. The highest BCUT2D eigenvalue weighted by Crippen LogP contribution is 2.19. The third-order valence-corrected chi connectivity index (χ3v) is 2.81. The molecule has 6 nitrogen and oxygen atoms in total. The van der Waals surface area contributed by atoms with Gasteiger partial charge in [0.1, 0.15) is 11.3 Å². The normalized spacial score (nSPS) is 11.3. The summed E-state index contributed by atoms with van der Waals surface area (Å²) in [5.74, 6) is -0.445. The number of hydrogen-bond donors (Lipinski definition) is 0. The lowest BCUT2D eigenvalue weighted by molar-refractivity contribution is -0.0763. The molecular weight excluding hydrogens is 316 g/mol. The molecule has 7 heteroatoms. The van der Waals surface area contributed by atoms with Crippen molar-refractivity contribution in [1.29, 1.82) is 0 Å². The van der Waals surface area contributed by atoms with Crippen molar-refractivity contribution in [2.24, 2.45) is 0 Å². The molecule has 0 unspecified atom stereocenters. The summed E-state index contributed by atoms with van der Waals surface area (Å²) in [6, 6.07) is 3.12. The molecule has 0 aromatic carbocycles. The van der Waals surface area contributed by atoms with E-state index >= 15 is 0 Å². The van der Waals surface area contributed by atoms with Gasteiger partial charge in [0.15, 0.2) is 0 Å². The Morgan fingerprint density at radius 1 is 1.32 bits per heavy atom. The molecule has 1 heterocycles. The van der Waals surface area contributed by atoms with Crippen LogP contribution in [0.4, 0.5) is 4.79 Å². The number of rotatable bonds is 2. The number of halogens is 1. The maximum atomic E-state index is 12.1. The van der Waals surface area contributed by atoms with Gasteiger partial charge in [-0.1, -0.05) is 0 Å². The second-order valence-corrected chi connectivity index (χ2v) is 5.65. The minimum absolute atomic E-state index is 0.158. The molecule has 0 spiro atoms. The SMILES string of the molecule is CON(C)C(=O)c1ccc(Br)n1C(=O)OC(C)(C)C. The Hall–Kier alpha value is -1.34. The maximum absolute atomic E-state index is 12.1. The van der Waals surface area contributed by atoms with Crippen LogP contribution in [-0.2, 0) is 9.57 Å². The van der Waals surface area contributed by atoms with Crippen LogP contribution in [0.2, 0.25) is 0 Å². The van der Waals surface area contributed by atoms with Crippen LogP contribution < -0.4 is 0 Å². The molecule has 0 saturated carbocycles. The van der Waals surface area contributed by atoms with Crippen molar-refractivity contribution in [3.63, 3.8) is 0 Å². The number of amides is 1. The Labute approximate surface area is 120 Å². The van der Waals surface area contributed by atoms with Gasteiger partial charge in [-0.25, -0.2) is 14.4 Å². The number of nitrogens with zero attached hydrogens (tertiary/aromatic N) is 2. The highest BCUT2D eigenvalue weighted by Gasteiger charge is 2.25. The third kappa shape index (κ3) is 3.81. The fourth-order valence-corrected chi connectivity index (χ4v) is 1.78. The molecule has 0 aliphatic heterocycles. The number of carbonyl (C=O) groups is 2. The molecule has 0 saturated heterocycles. The predicted octanol–water partition coefficient (Wildman–Crippen LogP) is 2.67. The van der Waals surface area contributed by atoms with Crippen LogP contribution in [0.5, 0.6) is 0 Å². The molecule has 0 atom stereocenters. The summed E-state index contributed by atoms with van der Waals surface area (Å²) >= 11 is 3.22. The van der Waals surface area contributed by atoms with Crippen LogP contribution in [0.3, 0.4) is 0 Å². The number of ether oxygens (including phenoxy) is 1. The first-order chi connectivity index (χ1) is 8.67. The highest BCUT2D eigenvalue weighted by molar-refractivity contribution is 9.10. The average molecular weight is 333 g/mol. The molecular formula is C12H17BrN2O4. The first kappa shape index (κ1) is 15.7. The molecule has 0 bridgehead atoms. The smallest absolute Gasteiger partial charge is 0.420 e. The van der Waals surface area contributed by atoms with Crippen molar-refractivity contribution < 1.29 is 19.2 Å². The Morgan fingerprint density at radius 2 is 1.89 bits per heavy atom. The topological polar surface area (TPSA) is 60.8 Å². The molecule has 1 aromatic heterocycles. The van der Waals surface area contributed by atoms with Gasteiger partial charge in [0.25, 0.3) is 5.91 Å². The lowest BCUT2D eigenvalue weighted by atomic mass is 10.2. The Balaban J connectivity index is 3.11. The van der Waals surface area contributed by atoms with Gasteiger partial charge in [0.05, 0.1) is 11.7 Å². The van der Waals surface area contributed by atoms with Crippen molar-refractivity contribution in [1.82, 2.24) is 9.63 Å². The Kier molecular flexibility index (Phi) is 4.75. The van der Waals surface area contributed by atoms with E-state index in [0.29, 0.717) is 4.60 Å². The van der Waals surface area contributed by atoms with Gasteiger partial charge in [-0.05, 0) is 48.8 Å². The summed E-state index contributed by atoms with van der Waals surface area (Å²) in [5.41, 5.74) is -0.487. The van der Waals surface area contributed by atoms with E-state index in [1.165, 1.54) is 20.2 Å². The quantitative estimate of drug-likeness (QED) is 0.781. The van der Waals surface area contributed by atoms with Crippen molar-refractivity contribution in [2.75, 3.05) is 14.2 Å². The monoisotopic (exact) mass is 332 g/mol. The second kappa shape index (κ2) is 5.75. The second-order valence-electron chi connectivity index (χ2n) is 4.84. The lowest BCUT2D eigenvalue weighted by Crippen LogP contribution is -2.32. The van der Waals surface area contributed by atoms with Crippen LogP contribution in [0.15, 0.2) is 16.7 Å². The van der Waals surface area contributed by atoms with E-state index in [4.69, 9.17) is 9.57 Å². The molecule has 0 radical (unpaired) electrons. The standard InChI is InChI=1S/C12H17BrN2O4/c1-12(2,3)19-11(17)15-8(6-7-9(15)13)10(16)14(4)18-5/h6-7H,1-5H3. The maximum Gasteiger partial charge on any atom is 0.420 e.